The molecule has 2 spiro atoms. The largest absolute Gasteiger partial charge is 0.426 e. The van der Waals surface area contributed by atoms with Crippen molar-refractivity contribution < 1.29 is 9.53 Å². The Kier molecular flexibility index (Phi) is 5.12. The summed E-state index contributed by atoms with van der Waals surface area (Å²) in [4.78, 5) is 21.5. The molecule has 3 aliphatic carbocycles. The maximum Gasteiger partial charge on any atom is 0.314 e. The van der Waals surface area contributed by atoms with Crippen LogP contribution in [0.5, 0.6) is 5.75 Å². The van der Waals surface area contributed by atoms with E-state index in [1.807, 2.05) is 36.7 Å². The predicted octanol–water partition coefficient (Wildman–Crippen LogP) is 6.14. The van der Waals surface area contributed by atoms with Gasteiger partial charge in [0, 0.05) is 18.0 Å². The third-order valence-electron chi connectivity index (χ3n) is 7.65. The Morgan fingerprint density at radius 2 is 1.73 bits per heavy atom. The first kappa shape index (κ1) is 19.7. The van der Waals surface area contributed by atoms with Gasteiger partial charge < -0.3 is 4.74 Å². The second-order valence-corrected chi connectivity index (χ2v) is 9.75. The summed E-state index contributed by atoms with van der Waals surface area (Å²) in [5.74, 6) is 1.44. The summed E-state index contributed by atoms with van der Waals surface area (Å²) >= 11 is 0. The molecule has 3 aliphatic rings. The second kappa shape index (κ2) is 7.79. The van der Waals surface area contributed by atoms with E-state index in [4.69, 9.17) is 4.74 Å². The number of esters is 1. The molecule has 0 unspecified atom stereocenters. The van der Waals surface area contributed by atoms with Crippen LogP contribution in [0.2, 0.25) is 0 Å². The fourth-order valence-electron chi connectivity index (χ4n) is 5.38. The highest BCUT2D eigenvalue weighted by Crippen LogP contribution is 2.91. The van der Waals surface area contributed by atoms with Gasteiger partial charge in [0.15, 0.2) is 5.82 Å². The van der Waals surface area contributed by atoms with Gasteiger partial charge >= 0.3 is 5.97 Å². The van der Waals surface area contributed by atoms with Crippen molar-refractivity contribution in [1.29, 1.82) is 0 Å². The quantitative estimate of drug-likeness (QED) is 0.271. The summed E-state index contributed by atoms with van der Waals surface area (Å²) in [7, 11) is 0. The first-order chi connectivity index (χ1) is 14.7. The van der Waals surface area contributed by atoms with E-state index in [1.165, 1.54) is 63.4 Å². The molecule has 158 valence electrons. The smallest absolute Gasteiger partial charge is 0.314 e. The Bertz CT molecular complexity index is 902. The highest BCUT2D eigenvalue weighted by molar-refractivity contribution is 5.81. The number of aromatic nitrogens is 2. The van der Waals surface area contributed by atoms with Gasteiger partial charge in [0.25, 0.3) is 0 Å². The standard InChI is InChI=1S/C26H32N2O2/c1-2-3-4-5-6-7-8-19-16-27-23(28-17-19)20-9-11-21(12-10-20)30-24(29)22-15-26(22)18-25(26)13-14-25/h9-12,16-17,22H,2-8,13-15,18H2,1H3/t22-,26+/m0/s1. The number of nitrogens with zero attached hydrogens (tertiary/aromatic N) is 2. The van der Waals surface area contributed by atoms with Crippen LogP contribution >= 0.6 is 0 Å². The molecule has 0 aliphatic heterocycles. The zero-order chi connectivity index (χ0) is 20.6. The lowest BCUT2D eigenvalue weighted by Gasteiger charge is -2.06. The number of unbranched alkanes of at least 4 members (excludes halogenated alkanes) is 5. The van der Waals surface area contributed by atoms with E-state index in [1.54, 1.807) is 0 Å². The summed E-state index contributed by atoms with van der Waals surface area (Å²) in [6.45, 7) is 2.25. The van der Waals surface area contributed by atoms with Gasteiger partial charge in [-0.05, 0) is 79.2 Å². The molecule has 1 aromatic carbocycles. The molecule has 0 bridgehead atoms. The average Bonchev–Trinajstić information content (AvgIpc) is 3.71. The topological polar surface area (TPSA) is 52.1 Å². The maximum absolute atomic E-state index is 12.5. The van der Waals surface area contributed by atoms with Crippen LogP contribution in [-0.2, 0) is 11.2 Å². The van der Waals surface area contributed by atoms with Crippen LogP contribution in [0.15, 0.2) is 36.7 Å². The van der Waals surface area contributed by atoms with Crippen LogP contribution in [0.3, 0.4) is 0 Å². The molecule has 2 aromatic rings. The number of hydrogen-bond donors (Lipinski definition) is 0. The molecule has 0 amide bonds. The average molecular weight is 405 g/mol. The van der Waals surface area contributed by atoms with E-state index in [-0.39, 0.29) is 11.9 Å². The number of fused-ring (bicyclic) bond motifs is 1. The lowest BCUT2D eigenvalue weighted by atomic mass is 10.1. The van der Waals surface area contributed by atoms with Crippen molar-refractivity contribution in [2.24, 2.45) is 16.7 Å². The molecular weight excluding hydrogens is 372 g/mol. The number of rotatable bonds is 10. The zero-order valence-electron chi connectivity index (χ0n) is 18.0. The van der Waals surface area contributed by atoms with Gasteiger partial charge in [-0.3, -0.25) is 4.79 Å². The van der Waals surface area contributed by atoms with Crippen molar-refractivity contribution in [3.05, 3.63) is 42.2 Å². The van der Waals surface area contributed by atoms with Crippen molar-refractivity contribution in [2.75, 3.05) is 0 Å². The highest BCUT2D eigenvalue weighted by Gasteiger charge is 2.85. The van der Waals surface area contributed by atoms with Crippen LogP contribution in [0.4, 0.5) is 0 Å². The maximum atomic E-state index is 12.5. The van der Waals surface area contributed by atoms with E-state index in [9.17, 15) is 4.79 Å². The van der Waals surface area contributed by atoms with Crippen LogP contribution < -0.4 is 4.74 Å². The van der Waals surface area contributed by atoms with E-state index < -0.39 is 0 Å². The number of aryl methyl sites for hydroxylation is 1. The van der Waals surface area contributed by atoms with Crippen LogP contribution in [-0.4, -0.2) is 15.9 Å². The molecule has 3 fully saturated rings. The highest BCUT2D eigenvalue weighted by atomic mass is 16.5. The van der Waals surface area contributed by atoms with E-state index in [0.717, 1.165) is 24.2 Å². The summed E-state index contributed by atoms with van der Waals surface area (Å²) in [5, 5.41) is 0. The molecule has 4 nitrogen and oxygen atoms in total. The van der Waals surface area contributed by atoms with Crippen molar-refractivity contribution in [3.8, 4) is 17.1 Å². The zero-order valence-corrected chi connectivity index (χ0v) is 18.0. The Hall–Kier alpha value is -2.23. The molecular formula is C26H32N2O2. The Labute approximate surface area is 179 Å². The summed E-state index contributed by atoms with van der Waals surface area (Å²) in [6, 6.07) is 7.59. The fourth-order valence-corrected chi connectivity index (χ4v) is 5.38. The number of carbonyl (C=O) groups is 1. The predicted molar refractivity (Wildman–Crippen MR) is 117 cm³/mol. The van der Waals surface area contributed by atoms with Gasteiger partial charge in [-0.25, -0.2) is 9.97 Å². The molecule has 0 radical (unpaired) electrons. The molecule has 5 rings (SSSR count). The minimum atomic E-state index is -0.0400. The normalized spacial score (nSPS) is 24.8. The van der Waals surface area contributed by atoms with Crippen LogP contribution in [0.25, 0.3) is 11.4 Å². The number of ether oxygens (including phenoxy) is 1. The third kappa shape index (κ3) is 3.77. The van der Waals surface area contributed by atoms with Crippen LogP contribution in [0, 0.1) is 16.7 Å². The fraction of sp³-hybridized carbons (Fsp3) is 0.577. The lowest BCUT2D eigenvalue weighted by Crippen LogP contribution is -2.12. The SMILES string of the molecule is CCCCCCCCc1cnc(-c2ccc(OC(=O)[C@@H]3C[C@@]34CC43CC3)cc2)nc1. The van der Waals surface area contributed by atoms with Crippen molar-refractivity contribution in [3.63, 3.8) is 0 Å². The van der Waals surface area contributed by atoms with E-state index in [0.29, 0.717) is 16.6 Å². The minimum absolute atomic E-state index is 0.0400. The molecule has 3 saturated carbocycles. The second-order valence-electron chi connectivity index (χ2n) is 9.75. The van der Waals surface area contributed by atoms with Gasteiger partial charge in [-0.2, -0.15) is 0 Å². The Morgan fingerprint density at radius 3 is 2.40 bits per heavy atom. The third-order valence-corrected chi connectivity index (χ3v) is 7.65. The molecule has 30 heavy (non-hydrogen) atoms. The van der Waals surface area contributed by atoms with Gasteiger partial charge in [0.2, 0.25) is 0 Å². The Balaban J connectivity index is 1.10. The molecule has 0 saturated heterocycles. The van der Waals surface area contributed by atoms with E-state index in [2.05, 4.69) is 16.9 Å². The van der Waals surface area contributed by atoms with Crippen molar-refractivity contribution in [2.45, 2.75) is 77.6 Å². The number of hydrogen-bond acceptors (Lipinski definition) is 4. The number of carbonyl (C=O) groups excluding carboxylic acids is 1. The van der Waals surface area contributed by atoms with Crippen molar-refractivity contribution in [1.82, 2.24) is 9.97 Å². The summed E-state index contributed by atoms with van der Waals surface area (Å²) in [5.41, 5.74) is 3.04. The van der Waals surface area contributed by atoms with E-state index >= 15 is 0 Å². The minimum Gasteiger partial charge on any atom is -0.426 e. The first-order valence-electron chi connectivity index (χ1n) is 11.8. The lowest BCUT2D eigenvalue weighted by molar-refractivity contribution is -0.136. The van der Waals surface area contributed by atoms with Gasteiger partial charge in [0.05, 0.1) is 5.92 Å². The first-order valence-corrected chi connectivity index (χ1v) is 11.8. The van der Waals surface area contributed by atoms with Gasteiger partial charge in [-0.15, -0.1) is 0 Å². The van der Waals surface area contributed by atoms with Crippen LogP contribution in [0.1, 0.15) is 76.7 Å². The molecule has 4 heteroatoms. The van der Waals surface area contributed by atoms with Gasteiger partial charge in [0.1, 0.15) is 5.75 Å². The summed E-state index contributed by atoms with van der Waals surface area (Å²) in [6.07, 6.45) is 17.7. The molecule has 1 heterocycles. The Morgan fingerprint density at radius 1 is 1.03 bits per heavy atom. The molecule has 0 N–H and O–H groups in total. The van der Waals surface area contributed by atoms with Crippen molar-refractivity contribution >= 4 is 5.97 Å². The summed E-state index contributed by atoms with van der Waals surface area (Å²) < 4.78 is 5.64. The number of benzene rings is 1. The molecule has 2 atom stereocenters. The molecule has 1 aromatic heterocycles. The van der Waals surface area contributed by atoms with Gasteiger partial charge in [-0.1, -0.05) is 39.0 Å². The monoisotopic (exact) mass is 404 g/mol.